The van der Waals surface area contributed by atoms with Gasteiger partial charge in [-0.25, -0.2) is 4.39 Å². The molecule has 3 nitrogen and oxygen atoms in total. The first-order chi connectivity index (χ1) is 11.3. The van der Waals surface area contributed by atoms with Gasteiger partial charge in [0.2, 0.25) is 5.91 Å². The fraction of sp³-hybridized carbons (Fsp3) is 0.188. The lowest BCUT2D eigenvalue weighted by Crippen LogP contribution is -2.18. The van der Waals surface area contributed by atoms with Gasteiger partial charge in [-0.1, -0.05) is 23.7 Å². The number of para-hydroxylation sites is 1. The molecule has 0 fully saturated rings. The Labute approximate surface area is 140 Å². The molecule has 0 saturated heterocycles. The van der Waals surface area contributed by atoms with Gasteiger partial charge in [0.1, 0.15) is 5.82 Å². The van der Waals surface area contributed by atoms with Crippen molar-refractivity contribution in [3.05, 3.63) is 58.9 Å². The van der Waals surface area contributed by atoms with E-state index in [4.69, 9.17) is 11.6 Å². The summed E-state index contributed by atoms with van der Waals surface area (Å²) in [6.07, 6.45) is -4.70. The molecule has 0 aromatic heterocycles. The third-order valence-corrected chi connectivity index (χ3v) is 3.34. The maximum Gasteiger partial charge on any atom is 0.418 e. The molecule has 128 valence electrons. The smallest absolute Gasteiger partial charge is 0.384 e. The van der Waals surface area contributed by atoms with E-state index in [0.29, 0.717) is 0 Å². The molecule has 2 N–H and O–H groups in total. The summed E-state index contributed by atoms with van der Waals surface area (Å²) in [4.78, 5) is 11.7. The van der Waals surface area contributed by atoms with Crippen LogP contribution in [-0.2, 0) is 11.0 Å². The number of nitrogens with one attached hydrogen (secondary N) is 2. The Kier molecular flexibility index (Phi) is 5.66. The van der Waals surface area contributed by atoms with E-state index in [2.05, 4.69) is 10.6 Å². The molecular weight excluding hydrogens is 348 g/mol. The monoisotopic (exact) mass is 360 g/mol. The number of alkyl halides is 3. The van der Waals surface area contributed by atoms with Crippen molar-refractivity contribution in [3.8, 4) is 0 Å². The zero-order valence-corrected chi connectivity index (χ0v) is 13.0. The zero-order chi connectivity index (χ0) is 17.7. The van der Waals surface area contributed by atoms with Crippen LogP contribution in [0.3, 0.4) is 0 Å². The first-order valence-electron chi connectivity index (χ1n) is 6.92. The van der Waals surface area contributed by atoms with Gasteiger partial charge in [0.15, 0.2) is 0 Å². The predicted octanol–water partition coefficient (Wildman–Crippen LogP) is 4.94. The van der Waals surface area contributed by atoms with Crippen molar-refractivity contribution in [3.63, 3.8) is 0 Å². The normalized spacial score (nSPS) is 11.2. The number of carbonyl (C=O) groups is 1. The first-order valence-corrected chi connectivity index (χ1v) is 7.30. The molecule has 8 heteroatoms. The van der Waals surface area contributed by atoms with Gasteiger partial charge in [0.05, 0.1) is 11.3 Å². The Bertz CT molecular complexity index is 734. The molecule has 1 amide bonds. The summed E-state index contributed by atoms with van der Waals surface area (Å²) in [6.45, 7) is -0.0506. The summed E-state index contributed by atoms with van der Waals surface area (Å²) in [5.41, 5.74) is -1.07. The van der Waals surface area contributed by atoms with Gasteiger partial charge < -0.3 is 10.6 Å². The van der Waals surface area contributed by atoms with Crippen molar-refractivity contribution in [1.82, 2.24) is 0 Å². The highest BCUT2D eigenvalue weighted by Gasteiger charge is 2.33. The molecule has 0 unspecified atom stereocenters. The van der Waals surface area contributed by atoms with Gasteiger partial charge in [-0.2, -0.15) is 13.2 Å². The molecule has 2 aromatic carbocycles. The van der Waals surface area contributed by atoms with Crippen LogP contribution in [0.5, 0.6) is 0 Å². The average Bonchev–Trinajstić information content (AvgIpc) is 2.50. The summed E-state index contributed by atoms with van der Waals surface area (Å²) in [5.74, 6) is -1.11. The van der Waals surface area contributed by atoms with E-state index in [1.54, 1.807) is 6.07 Å². The van der Waals surface area contributed by atoms with Crippen LogP contribution in [0.25, 0.3) is 0 Å². The molecule has 0 aliphatic rings. The van der Waals surface area contributed by atoms with Crippen LogP contribution in [0.2, 0.25) is 5.02 Å². The lowest BCUT2D eigenvalue weighted by atomic mass is 10.1. The standard InChI is InChI=1S/C16H13ClF4N2O/c17-10-5-6-13(11(9-10)16(19,20)21)22-8-7-15(24)23-14-4-2-1-3-12(14)18/h1-6,9,22H,7-8H2,(H,23,24). The van der Waals surface area contributed by atoms with E-state index in [-0.39, 0.29) is 29.4 Å². The van der Waals surface area contributed by atoms with Crippen LogP contribution in [0.1, 0.15) is 12.0 Å². The number of amides is 1. The van der Waals surface area contributed by atoms with Crippen LogP contribution in [0.15, 0.2) is 42.5 Å². The Morgan fingerprint density at radius 3 is 2.46 bits per heavy atom. The highest BCUT2D eigenvalue weighted by Crippen LogP contribution is 2.36. The molecule has 0 aliphatic carbocycles. The summed E-state index contributed by atoms with van der Waals surface area (Å²) >= 11 is 5.59. The zero-order valence-electron chi connectivity index (χ0n) is 12.3. The molecule has 2 rings (SSSR count). The van der Waals surface area contributed by atoms with Crippen LogP contribution < -0.4 is 10.6 Å². The Morgan fingerprint density at radius 2 is 1.79 bits per heavy atom. The molecule has 2 aromatic rings. The summed E-state index contributed by atoms with van der Waals surface area (Å²) < 4.78 is 52.2. The molecule has 0 aliphatic heterocycles. The van der Waals surface area contributed by atoms with Crippen molar-refractivity contribution in [2.24, 2.45) is 0 Å². The third kappa shape index (κ3) is 4.86. The van der Waals surface area contributed by atoms with Gasteiger partial charge in [0.25, 0.3) is 0 Å². The Hall–Kier alpha value is -2.28. The van der Waals surface area contributed by atoms with E-state index in [0.717, 1.165) is 6.07 Å². The van der Waals surface area contributed by atoms with Gasteiger partial charge >= 0.3 is 6.18 Å². The maximum absolute atomic E-state index is 13.4. The number of hydrogen-bond acceptors (Lipinski definition) is 2. The highest BCUT2D eigenvalue weighted by molar-refractivity contribution is 6.30. The molecular formula is C16H13ClF4N2O. The molecule has 0 atom stereocenters. The van der Waals surface area contributed by atoms with E-state index < -0.39 is 23.5 Å². The minimum Gasteiger partial charge on any atom is -0.384 e. The summed E-state index contributed by atoms with van der Waals surface area (Å²) in [6, 6.07) is 8.94. The number of halogens is 5. The van der Waals surface area contributed by atoms with Crippen molar-refractivity contribution in [2.45, 2.75) is 12.6 Å². The summed E-state index contributed by atoms with van der Waals surface area (Å²) in [5, 5.41) is 4.86. The van der Waals surface area contributed by atoms with Crippen LogP contribution in [-0.4, -0.2) is 12.5 Å². The highest BCUT2D eigenvalue weighted by atomic mass is 35.5. The van der Waals surface area contributed by atoms with Crippen molar-refractivity contribution < 1.29 is 22.4 Å². The number of rotatable bonds is 5. The topological polar surface area (TPSA) is 41.1 Å². The predicted molar refractivity (Wildman–Crippen MR) is 84.6 cm³/mol. The van der Waals surface area contributed by atoms with Crippen molar-refractivity contribution >= 4 is 28.9 Å². The van der Waals surface area contributed by atoms with Crippen molar-refractivity contribution in [1.29, 1.82) is 0 Å². The molecule has 0 bridgehead atoms. The van der Waals surface area contributed by atoms with E-state index in [1.165, 1.54) is 30.3 Å². The first kappa shape index (κ1) is 18.1. The average molecular weight is 361 g/mol. The van der Waals surface area contributed by atoms with Gasteiger partial charge in [-0.3, -0.25) is 4.79 Å². The largest absolute Gasteiger partial charge is 0.418 e. The fourth-order valence-corrected chi connectivity index (χ4v) is 2.16. The lowest BCUT2D eigenvalue weighted by molar-refractivity contribution is -0.137. The molecule has 0 saturated carbocycles. The third-order valence-electron chi connectivity index (χ3n) is 3.10. The van der Waals surface area contributed by atoms with E-state index in [1.807, 2.05) is 0 Å². The number of benzene rings is 2. The van der Waals surface area contributed by atoms with E-state index in [9.17, 15) is 22.4 Å². The minimum atomic E-state index is -4.57. The number of anilines is 2. The van der Waals surface area contributed by atoms with Gasteiger partial charge in [-0.05, 0) is 30.3 Å². The maximum atomic E-state index is 13.4. The molecule has 0 spiro atoms. The second-order valence-electron chi connectivity index (χ2n) is 4.89. The Balaban J connectivity index is 1.95. The van der Waals surface area contributed by atoms with Gasteiger partial charge in [-0.15, -0.1) is 0 Å². The second kappa shape index (κ2) is 7.53. The lowest BCUT2D eigenvalue weighted by Gasteiger charge is -2.15. The molecule has 24 heavy (non-hydrogen) atoms. The van der Waals surface area contributed by atoms with Gasteiger partial charge in [0, 0.05) is 23.7 Å². The number of carbonyl (C=O) groups excluding carboxylic acids is 1. The van der Waals surface area contributed by atoms with E-state index >= 15 is 0 Å². The quantitative estimate of drug-likeness (QED) is 0.742. The van der Waals surface area contributed by atoms with Crippen LogP contribution in [0, 0.1) is 5.82 Å². The van der Waals surface area contributed by atoms with Crippen LogP contribution in [0.4, 0.5) is 28.9 Å². The van der Waals surface area contributed by atoms with Crippen molar-refractivity contribution in [2.75, 3.05) is 17.2 Å². The molecule has 0 radical (unpaired) electrons. The minimum absolute atomic E-state index is 0.0185. The molecule has 0 heterocycles. The Morgan fingerprint density at radius 1 is 1.08 bits per heavy atom. The SMILES string of the molecule is O=C(CCNc1ccc(Cl)cc1C(F)(F)F)Nc1ccccc1F. The fourth-order valence-electron chi connectivity index (χ4n) is 1.99. The second-order valence-corrected chi connectivity index (χ2v) is 5.33. The summed E-state index contributed by atoms with van der Waals surface area (Å²) in [7, 11) is 0. The number of hydrogen-bond donors (Lipinski definition) is 2. The van der Waals surface area contributed by atoms with Crippen LogP contribution >= 0.6 is 11.6 Å².